The number of esters is 1. The lowest BCUT2D eigenvalue weighted by Gasteiger charge is -2.19. The Morgan fingerprint density at radius 3 is 2.03 bits per heavy atom. The maximum atomic E-state index is 13.2. The van der Waals surface area contributed by atoms with Crippen molar-refractivity contribution in [2.75, 3.05) is 13.7 Å². The largest absolute Gasteiger partial charge is 0.464 e. The number of nitrogens with one attached hydrogen (secondary N) is 2. The number of carbonyl (C=O) groups is 3. The van der Waals surface area contributed by atoms with Gasteiger partial charge in [0.25, 0.3) is 5.91 Å². The molecule has 0 fully saturated rings. The standard InChI is InChI=1S/C29H30N2O5/c1-35-29(34)25(19-11-16-22-12-5-2-6-13-22)30-28(33)26(21-36-20-23-14-7-3-8-15-23)31-27(32)24-17-9-4-10-18-24/h2-10,12-15,17-19,26H,11,16,20-21H2,1H3,(H,30,33)(H,31,32)/b25-19+/t26-/m0/s1. The molecule has 0 aliphatic rings. The van der Waals surface area contributed by atoms with Crippen molar-refractivity contribution in [1.82, 2.24) is 10.6 Å². The molecule has 3 rings (SSSR count). The Morgan fingerprint density at radius 2 is 1.42 bits per heavy atom. The Labute approximate surface area is 211 Å². The lowest BCUT2D eigenvalue weighted by atomic mass is 10.1. The molecule has 2 N–H and O–H groups in total. The second kappa shape index (κ2) is 14.2. The van der Waals surface area contributed by atoms with Gasteiger partial charge in [-0.25, -0.2) is 4.79 Å². The summed E-state index contributed by atoms with van der Waals surface area (Å²) in [6.07, 6.45) is 2.82. The van der Waals surface area contributed by atoms with Gasteiger partial charge in [-0.1, -0.05) is 84.9 Å². The fourth-order valence-corrected chi connectivity index (χ4v) is 3.43. The molecule has 0 heterocycles. The normalized spacial score (nSPS) is 11.9. The highest BCUT2D eigenvalue weighted by Gasteiger charge is 2.24. The van der Waals surface area contributed by atoms with Gasteiger partial charge in [0.15, 0.2) is 0 Å². The highest BCUT2D eigenvalue weighted by molar-refractivity contribution is 6.00. The third-order valence-corrected chi connectivity index (χ3v) is 5.34. The van der Waals surface area contributed by atoms with E-state index in [1.54, 1.807) is 36.4 Å². The van der Waals surface area contributed by atoms with Crippen LogP contribution >= 0.6 is 0 Å². The molecule has 1 atom stereocenters. The number of benzene rings is 3. The Balaban J connectivity index is 1.69. The van der Waals surface area contributed by atoms with E-state index in [9.17, 15) is 14.4 Å². The summed E-state index contributed by atoms with van der Waals surface area (Å²) in [5.74, 6) is -1.68. The number of rotatable bonds is 12. The van der Waals surface area contributed by atoms with Crippen molar-refractivity contribution in [2.45, 2.75) is 25.5 Å². The predicted octanol–water partition coefficient (Wildman–Crippen LogP) is 3.81. The summed E-state index contributed by atoms with van der Waals surface area (Å²) in [4.78, 5) is 38.2. The molecular weight excluding hydrogens is 456 g/mol. The minimum Gasteiger partial charge on any atom is -0.464 e. The third-order valence-electron chi connectivity index (χ3n) is 5.34. The molecule has 7 nitrogen and oxygen atoms in total. The van der Waals surface area contributed by atoms with Gasteiger partial charge in [0, 0.05) is 5.56 Å². The number of aryl methyl sites for hydroxylation is 1. The molecular formula is C29H30N2O5. The zero-order valence-electron chi connectivity index (χ0n) is 20.2. The van der Waals surface area contributed by atoms with Gasteiger partial charge in [-0.05, 0) is 36.1 Å². The van der Waals surface area contributed by atoms with Crippen molar-refractivity contribution < 1.29 is 23.9 Å². The van der Waals surface area contributed by atoms with Gasteiger partial charge in [-0.3, -0.25) is 9.59 Å². The van der Waals surface area contributed by atoms with Crippen LogP contribution in [-0.4, -0.2) is 37.5 Å². The van der Waals surface area contributed by atoms with E-state index in [1.165, 1.54) is 7.11 Å². The third kappa shape index (κ3) is 8.52. The molecule has 0 bridgehead atoms. The predicted molar refractivity (Wildman–Crippen MR) is 137 cm³/mol. The first kappa shape index (κ1) is 26.4. The molecule has 36 heavy (non-hydrogen) atoms. The molecule has 0 radical (unpaired) electrons. The SMILES string of the molecule is COC(=O)/C(=C\CCc1ccccc1)NC(=O)[C@H](COCc1ccccc1)NC(=O)c1ccccc1. The summed E-state index contributed by atoms with van der Waals surface area (Å²) < 4.78 is 10.6. The van der Waals surface area contributed by atoms with Gasteiger partial charge in [0.2, 0.25) is 5.91 Å². The second-order valence-electron chi connectivity index (χ2n) is 8.02. The second-order valence-corrected chi connectivity index (χ2v) is 8.02. The molecule has 3 aromatic rings. The summed E-state index contributed by atoms with van der Waals surface area (Å²) in [5, 5.41) is 5.32. The molecule has 2 amide bonds. The zero-order valence-corrected chi connectivity index (χ0v) is 20.2. The van der Waals surface area contributed by atoms with Crippen molar-refractivity contribution >= 4 is 17.8 Å². The number of methoxy groups -OCH3 is 1. The number of amides is 2. The lowest BCUT2D eigenvalue weighted by Crippen LogP contribution is -2.49. The highest BCUT2D eigenvalue weighted by atomic mass is 16.5. The number of allylic oxidation sites excluding steroid dienone is 1. The minimum absolute atomic E-state index is 0.0143. The van der Waals surface area contributed by atoms with Gasteiger partial charge >= 0.3 is 5.97 Å². The van der Waals surface area contributed by atoms with Crippen molar-refractivity contribution in [3.8, 4) is 0 Å². The van der Waals surface area contributed by atoms with E-state index in [1.807, 2.05) is 60.7 Å². The summed E-state index contributed by atoms with van der Waals surface area (Å²) in [5.41, 5.74) is 2.46. The maximum absolute atomic E-state index is 13.2. The van der Waals surface area contributed by atoms with Gasteiger partial charge in [-0.15, -0.1) is 0 Å². The summed E-state index contributed by atoms with van der Waals surface area (Å²) in [6.45, 7) is 0.181. The summed E-state index contributed by atoms with van der Waals surface area (Å²) >= 11 is 0. The van der Waals surface area contributed by atoms with Crippen LogP contribution in [0, 0.1) is 0 Å². The maximum Gasteiger partial charge on any atom is 0.354 e. The minimum atomic E-state index is -1.04. The fraction of sp³-hybridized carbons (Fsp3) is 0.207. The highest BCUT2D eigenvalue weighted by Crippen LogP contribution is 2.07. The van der Waals surface area contributed by atoms with Crippen molar-refractivity contribution in [1.29, 1.82) is 0 Å². The molecule has 186 valence electrons. The van der Waals surface area contributed by atoms with Gasteiger partial charge in [-0.2, -0.15) is 0 Å². The lowest BCUT2D eigenvalue weighted by molar-refractivity contribution is -0.138. The van der Waals surface area contributed by atoms with E-state index >= 15 is 0 Å². The molecule has 7 heteroatoms. The Morgan fingerprint density at radius 1 is 0.833 bits per heavy atom. The van der Waals surface area contributed by atoms with Crippen molar-refractivity contribution in [3.05, 3.63) is 119 Å². The Kier molecular flexibility index (Phi) is 10.4. The average molecular weight is 487 g/mol. The van der Waals surface area contributed by atoms with Gasteiger partial charge in [0.05, 0.1) is 20.3 Å². The van der Waals surface area contributed by atoms with Crippen LogP contribution in [0.2, 0.25) is 0 Å². The summed E-state index contributed by atoms with van der Waals surface area (Å²) in [7, 11) is 1.25. The number of ether oxygens (including phenoxy) is 2. The number of hydrogen-bond donors (Lipinski definition) is 2. The number of hydrogen-bond acceptors (Lipinski definition) is 5. The van der Waals surface area contributed by atoms with Crippen LogP contribution in [0.1, 0.15) is 27.9 Å². The van der Waals surface area contributed by atoms with Crippen LogP contribution in [0.5, 0.6) is 0 Å². The van der Waals surface area contributed by atoms with Crippen LogP contribution in [0.4, 0.5) is 0 Å². The zero-order chi connectivity index (χ0) is 25.6. The molecule has 0 aliphatic carbocycles. The molecule has 0 saturated heterocycles. The van der Waals surface area contributed by atoms with E-state index in [0.29, 0.717) is 18.4 Å². The van der Waals surface area contributed by atoms with Crippen LogP contribution in [0.25, 0.3) is 0 Å². The molecule has 0 aliphatic heterocycles. The van der Waals surface area contributed by atoms with Crippen LogP contribution in [0.15, 0.2) is 103 Å². The number of carbonyl (C=O) groups excluding carboxylic acids is 3. The van der Waals surface area contributed by atoms with Crippen molar-refractivity contribution in [3.63, 3.8) is 0 Å². The topological polar surface area (TPSA) is 93.7 Å². The average Bonchev–Trinajstić information content (AvgIpc) is 2.93. The monoisotopic (exact) mass is 486 g/mol. The first-order valence-corrected chi connectivity index (χ1v) is 11.7. The smallest absolute Gasteiger partial charge is 0.354 e. The van der Waals surface area contributed by atoms with E-state index in [-0.39, 0.29) is 18.9 Å². The van der Waals surface area contributed by atoms with Gasteiger partial charge in [0.1, 0.15) is 11.7 Å². The quantitative estimate of drug-likeness (QED) is 0.300. The van der Waals surface area contributed by atoms with Crippen LogP contribution in [0.3, 0.4) is 0 Å². The first-order chi connectivity index (χ1) is 17.6. The van der Waals surface area contributed by atoms with E-state index in [4.69, 9.17) is 9.47 Å². The summed E-state index contributed by atoms with van der Waals surface area (Å²) in [6, 6.07) is 26.8. The van der Waals surface area contributed by atoms with E-state index in [0.717, 1.165) is 11.1 Å². The fourth-order valence-electron chi connectivity index (χ4n) is 3.43. The van der Waals surface area contributed by atoms with Gasteiger partial charge < -0.3 is 20.1 Å². The molecule has 3 aromatic carbocycles. The molecule has 0 saturated carbocycles. The van der Waals surface area contributed by atoms with Crippen molar-refractivity contribution in [2.24, 2.45) is 0 Å². The first-order valence-electron chi connectivity index (χ1n) is 11.7. The molecule has 0 unspecified atom stereocenters. The van der Waals surface area contributed by atoms with E-state index in [2.05, 4.69) is 10.6 Å². The van der Waals surface area contributed by atoms with E-state index < -0.39 is 23.8 Å². The molecule has 0 spiro atoms. The van der Waals surface area contributed by atoms with Crippen LogP contribution < -0.4 is 10.6 Å². The Hall–Kier alpha value is -4.23. The van der Waals surface area contributed by atoms with Crippen LogP contribution in [-0.2, 0) is 32.1 Å². The molecule has 0 aromatic heterocycles. The Bertz CT molecular complexity index is 1150.